The SMILES string of the molecule is CC(C)(C(=O)N[C@@H]1C[C@H](C(F)(F)F)CN(c2ccc(C#N)c3ncccc23)C1)N1CCCCC1. The predicted molar refractivity (Wildman–Crippen MR) is 124 cm³/mol. The van der Waals surface area contributed by atoms with E-state index in [1.807, 2.05) is 13.8 Å². The third kappa shape index (κ3) is 4.83. The van der Waals surface area contributed by atoms with Gasteiger partial charge < -0.3 is 10.2 Å². The fraction of sp³-hybridized carbons (Fsp3) is 0.560. The van der Waals surface area contributed by atoms with E-state index in [2.05, 4.69) is 21.3 Å². The summed E-state index contributed by atoms with van der Waals surface area (Å²) in [6, 6.07) is 8.18. The molecule has 0 spiro atoms. The molecular weight excluding hydrogens is 443 g/mol. The van der Waals surface area contributed by atoms with Crippen LogP contribution >= 0.6 is 0 Å². The molecule has 0 bridgehead atoms. The topological polar surface area (TPSA) is 72.3 Å². The molecule has 2 aliphatic heterocycles. The maximum Gasteiger partial charge on any atom is 0.393 e. The van der Waals surface area contributed by atoms with Crippen LogP contribution in [0.2, 0.25) is 0 Å². The number of nitriles is 1. The largest absolute Gasteiger partial charge is 0.393 e. The van der Waals surface area contributed by atoms with Crippen LogP contribution in [0.5, 0.6) is 0 Å². The third-order valence-electron chi connectivity index (χ3n) is 7.16. The second-order valence-electron chi connectivity index (χ2n) is 9.80. The molecule has 2 saturated heterocycles. The van der Waals surface area contributed by atoms with Crippen molar-refractivity contribution >= 4 is 22.5 Å². The zero-order valence-corrected chi connectivity index (χ0v) is 19.5. The Morgan fingerprint density at radius 2 is 1.88 bits per heavy atom. The van der Waals surface area contributed by atoms with Gasteiger partial charge in [0.05, 0.1) is 22.5 Å². The number of benzene rings is 1. The Morgan fingerprint density at radius 3 is 2.56 bits per heavy atom. The molecule has 1 N–H and O–H groups in total. The first-order chi connectivity index (χ1) is 16.1. The summed E-state index contributed by atoms with van der Waals surface area (Å²) in [6.45, 7) is 5.36. The molecular formula is C25H30F3N5O. The number of carbonyl (C=O) groups is 1. The lowest BCUT2D eigenvalue weighted by Crippen LogP contribution is -2.61. The first-order valence-electron chi connectivity index (χ1n) is 11.8. The Balaban J connectivity index is 1.61. The minimum absolute atomic E-state index is 0.158. The zero-order chi connectivity index (χ0) is 24.5. The van der Waals surface area contributed by atoms with Crippen molar-refractivity contribution in [1.82, 2.24) is 15.2 Å². The molecule has 9 heteroatoms. The van der Waals surface area contributed by atoms with Crippen LogP contribution in [0.4, 0.5) is 18.9 Å². The Labute approximate surface area is 197 Å². The number of amides is 1. The van der Waals surface area contributed by atoms with Gasteiger partial charge in [0.1, 0.15) is 6.07 Å². The third-order valence-corrected chi connectivity index (χ3v) is 7.16. The number of nitrogens with one attached hydrogen (secondary N) is 1. The lowest BCUT2D eigenvalue weighted by Gasteiger charge is -2.43. The van der Waals surface area contributed by atoms with Crippen LogP contribution in [0.25, 0.3) is 10.9 Å². The van der Waals surface area contributed by atoms with Crippen molar-refractivity contribution in [3.63, 3.8) is 0 Å². The van der Waals surface area contributed by atoms with Crippen molar-refractivity contribution in [2.45, 2.75) is 57.3 Å². The highest BCUT2D eigenvalue weighted by molar-refractivity contribution is 5.95. The van der Waals surface area contributed by atoms with Gasteiger partial charge in [0.15, 0.2) is 0 Å². The number of carbonyl (C=O) groups excluding carboxylic acids is 1. The first-order valence-corrected chi connectivity index (χ1v) is 11.8. The van der Waals surface area contributed by atoms with E-state index in [4.69, 9.17) is 0 Å². The number of fused-ring (bicyclic) bond motifs is 1. The van der Waals surface area contributed by atoms with Crippen LogP contribution in [-0.2, 0) is 4.79 Å². The first kappa shape index (κ1) is 24.3. The summed E-state index contributed by atoms with van der Waals surface area (Å²) >= 11 is 0. The summed E-state index contributed by atoms with van der Waals surface area (Å²) in [7, 11) is 0. The Bertz CT molecular complexity index is 1090. The molecule has 6 nitrogen and oxygen atoms in total. The number of likely N-dealkylation sites (tertiary alicyclic amines) is 1. The van der Waals surface area contributed by atoms with E-state index in [1.165, 1.54) is 0 Å². The van der Waals surface area contributed by atoms with Gasteiger partial charge >= 0.3 is 6.18 Å². The average molecular weight is 474 g/mol. The molecule has 2 aromatic rings. The molecule has 3 heterocycles. The summed E-state index contributed by atoms with van der Waals surface area (Å²) < 4.78 is 41.7. The van der Waals surface area contributed by atoms with E-state index >= 15 is 0 Å². The minimum atomic E-state index is -4.38. The second-order valence-corrected chi connectivity index (χ2v) is 9.80. The molecule has 0 unspecified atom stereocenters. The van der Waals surface area contributed by atoms with Crippen molar-refractivity contribution in [2.75, 3.05) is 31.1 Å². The van der Waals surface area contributed by atoms with Crippen LogP contribution in [0, 0.1) is 17.2 Å². The number of anilines is 1. The van der Waals surface area contributed by atoms with E-state index in [9.17, 15) is 23.2 Å². The van der Waals surface area contributed by atoms with Crippen molar-refractivity contribution in [1.29, 1.82) is 5.26 Å². The second kappa shape index (κ2) is 9.41. The number of piperidine rings is 2. The Hall–Kier alpha value is -2.86. The summed E-state index contributed by atoms with van der Waals surface area (Å²) in [5, 5.41) is 13.0. The lowest BCUT2D eigenvalue weighted by molar-refractivity contribution is -0.178. The predicted octanol–water partition coefficient (Wildman–Crippen LogP) is 4.24. The molecule has 2 fully saturated rings. The van der Waals surface area contributed by atoms with E-state index in [-0.39, 0.29) is 25.4 Å². The summed E-state index contributed by atoms with van der Waals surface area (Å²) in [5.74, 6) is -1.82. The number of hydrogen-bond donors (Lipinski definition) is 1. The molecule has 1 amide bonds. The highest BCUT2D eigenvalue weighted by Crippen LogP contribution is 2.37. The summed E-state index contributed by atoms with van der Waals surface area (Å²) in [5.41, 5.74) is 0.632. The van der Waals surface area contributed by atoms with Crippen LogP contribution in [-0.4, -0.2) is 59.7 Å². The quantitative estimate of drug-likeness (QED) is 0.719. The highest BCUT2D eigenvalue weighted by atomic mass is 19.4. The van der Waals surface area contributed by atoms with Gasteiger partial charge in [-0.15, -0.1) is 0 Å². The molecule has 0 saturated carbocycles. The van der Waals surface area contributed by atoms with Crippen molar-refractivity contribution in [2.24, 2.45) is 5.92 Å². The highest BCUT2D eigenvalue weighted by Gasteiger charge is 2.46. The van der Waals surface area contributed by atoms with Gasteiger partial charge in [-0.1, -0.05) is 6.42 Å². The smallest absolute Gasteiger partial charge is 0.368 e. The maximum absolute atomic E-state index is 13.9. The fourth-order valence-electron chi connectivity index (χ4n) is 5.12. The number of aromatic nitrogens is 1. The molecule has 1 aromatic carbocycles. The Morgan fingerprint density at radius 1 is 1.15 bits per heavy atom. The number of nitrogens with zero attached hydrogens (tertiary/aromatic N) is 4. The molecule has 2 atom stereocenters. The van der Waals surface area contributed by atoms with Gasteiger partial charge in [-0.3, -0.25) is 14.7 Å². The molecule has 4 rings (SSSR count). The summed E-state index contributed by atoms with van der Waals surface area (Å²) in [4.78, 5) is 21.3. The van der Waals surface area contributed by atoms with E-state index in [0.717, 1.165) is 32.4 Å². The van der Waals surface area contributed by atoms with Gasteiger partial charge in [0, 0.05) is 36.4 Å². The van der Waals surface area contributed by atoms with Gasteiger partial charge in [-0.25, -0.2) is 0 Å². The van der Waals surface area contributed by atoms with E-state index < -0.39 is 23.7 Å². The zero-order valence-electron chi connectivity index (χ0n) is 19.5. The monoisotopic (exact) mass is 473 g/mol. The van der Waals surface area contributed by atoms with Crippen molar-refractivity contribution < 1.29 is 18.0 Å². The van der Waals surface area contributed by atoms with Crippen LogP contribution in [0.3, 0.4) is 0 Å². The maximum atomic E-state index is 13.9. The molecule has 1 aromatic heterocycles. The number of alkyl halides is 3. The number of rotatable bonds is 4. The van der Waals surface area contributed by atoms with Crippen LogP contribution < -0.4 is 10.2 Å². The standard InChI is InChI=1S/C25H30F3N5O/c1-24(2,33-11-4-3-5-12-33)23(34)31-19-13-18(25(26,27)28)15-32(16-19)21-9-8-17(14-29)22-20(21)7-6-10-30-22/h6-10,18-19H,3-5,11-13,15-16H2,1-2H3,(H,31,34)/t18-,19+/m0/s1. The molecule has 0 aliphatic carbocycles. The number of pyridine rings is 1. The molecule has 2 aliphatic rings. The number of halogens is 3. The van der Waals surface area contributed by atoms with Crippen molar-refractivity contribution in [3.05, 3.63) is 36.0 Å². The van der Waals surface area contributed by atoms with Crippen molar-refractivity contribution in [3.8, 4) is 6.07 Å². The normalized spacial score (nSPS) is 22.4. The molecule has 34 heavy (non-hydrogen) atoms. The van der Waals surface area contributed by atoms with Gasteiger partial charge in [0.2, 0.25) is 5.91 Å². The molecule has 0 radical (unpaired) electrons. The van der Waals surface area contributed by atoms with Crippen LogP contribution in [0.15, 0.2) is 30.5 Å². The van der Waals surface area contributed by atoms with E-state index in [0.29, 0.717) is 22.2 Å². The minimum Gasteiger partial charge on any atom is -0.368 e. The molecule has 182 valence electrons. The average Bonchev–Trinajstić information content (AvgIpc) is 2.83. The fourth-order valence-corrected chi connectivity index (χ4v) is 5.12. The van der Waals surface area contributed by atoms with Gasteiger partial charge in [0.25, 0.3) is 0 Å². The summed E-state index contributed by atoms with van der Waals surface area (Å²) in [6.07, 6.45) is 0.187. The van der Waals surface area contributed by atoms with Crippen LogP contribution in [0.1, 0.15) is 45.1 Å². The Kier molecular flexibility index (Phi) is 6.72. The lowest BCUT2D eigenvalue weighted by atomic mass is 9.91. The van der Waals surface area contributed by atoms with E-state index in [1.54, 1.807) is 35.4 Å². The van der Waals surface area contributed by atoms with Gasteiger partial charge in [-0.2, -0.15) is 18.4 Å². The van der Waals surface area contributed by atoms with Gasteiger partial charge in [-0.05, 0) is 70.5 Å². The number of hydrogen-bond acceptors (Lipinski definition) is 5.